The average molecular weight is 342 g/mol. The summed E-state index contributed by atoms with van der Waals surface area (Å²) >= 11 is 0. The largest absolute Gasteiger partial charge is 0.497 e. The Hall–Kier alpha value is -2.53. The summed E-state index contributed by atoms with van der Waals surface area (Å²) in [6.45, 7) is 3.11. The van der Waals surface area contributed by atoms with Gasteiger partial charge in [-0.1, -0.05) is 24.3 Å². The number of amides is 1. The lowest BCUT2D eigenvalue weighted by atomic mass is 10.1. The van der Waals surface area contributed by atoms with Crippen LogP contribution in [0.1, 0.15) is 18.1 Å². The van der Waals surface area contributed by atoms with Gasteiger partial charge in [-0.05, 0) is 49.4 Å². The molecule has 0 saturated heterocycles. The van der Waals surface area contributed by atoms with Crippen molar-refractivity contribution in [3.8, 4) is 11.5 Å². The Morgan fingerprint density at radius 3 is 1.92 bits per heavy atom. The summed E-state index contributed by atoms with van der Waals surface area (Å²) in [5, 5.41) is 2.98. The quantitative estimate of drug-likeness (QED) is 0.801. The standard InChI is InChI=1S/C20H26N2O3/c1-15(22(2)14-17-7-11-19(25-4)12-8-17)20(23)21-13-16-5-9-18(24-3)10-6-16/h5-12,15H,13-14H2,1-4H3,(H,21,23)/t15-/m1/s1. The monoisotopic (exact) mass is 342 g/mol. The molecule has 0 radical (unpaired) electrons. The normalized spacial score (nSPS) is 11.9. The molecule has 0 unspecified atom stereocenters. The topological polar surface area (TPSA) is 50.8 Å². The second-order valence-corrected chi connectivity index (χ2v) is 6.01. The zero-order valence-corrected chi connectivity index (χ0v) is 15.3. The summed E-state index contributed by atoms with van der Waals surface area (Å²) in [5.74, 6) is 1.64. The smallest absolute Gasteiger partial charge is 0.237 e. The molecule has 1 N–H and O–H groups in total. The van der Waals surface area contributed by atoms with Crippen molar-refractivity contribution in [1.29, 1.82) is 0 Å². The van der Waals surface area contributed by atoms with Crippen LogP contribution in [0, 0.1) is 0 Å². The van der Waals surface area contributed by atoms with E-state index in [0.29, 0.717) is 13.1 Å². The molecule has 0 bridgehead atoms. The van der Waals surface area contributed by atoms with Crippen molar-refractivity contribution in [3.63, 3.8) is 0 Å². The van der Waals surface area contributed by atoms with Crippen LogP contribution in [0.2, 0.25) is 0 Å². The molecule has 134 valence electrons. The van der Waals surface area contributed by atoms with Crippen LogP contribution in [0.5, 0.6) is 11.5 Å². The summed E-state index contributed by atoms with van der Waals surface area (Å²) in [4.78, 5) is 14.4. The Balaban J connectivity index is 1.84. The van der Waals surface area contributed by atoms with E-state index in [-0.39, 0.29) is 11.9 Å². The molecule has 0 aliphatic heterocycles. The van der Waals surface area contributed by atoms with E-state index in [4.69, 9.17) is 9.47 Å². The van der Waals surface area contributed by atoms with E-state index in [1.54, 1.807) is 14.2 Å². The fourth-order valence-corrected chi connectivity index (χ4v) is 2.44. The van der Waals surface area contributed by atoms with E-state index in [0.717, 1.165) is 22.6 Å². The molecule has 0 heterocycles. The molecular formula is C20H26N2O3. The Bertz CT molecular complexity index is 668. The molecule has 0 spiro atoms. The highest BCUT2D eigenvalue weighted by Crippen LogP contribution is 2.14. The minimum atomic E-state index is -0.222. The molecule has 25 heavy (non-hydrogen) atoms. The highest BCUT2D eigenvalue weighted by atomic mass is 16.5. The van der Waals surface area contributed by atoms with E-state index >= 15 is 0 Å². The summed E-state index contributed by atoms with van der Waals surface area (Å²) in [6, 6.07) is 15.3. The fraction of sp³-hybridized carbons (Fsp3) is 0.350. The molecule has 1 amide bonds. The minimum absolute atomic E-state index is 0.00632. The first-order chi connectivity index (χ1) is 12.0. The third-order valence-electron chi connectivity index (χ3n) is 4.26. The zero-order chi connectivity index (χ0) is 18.2. The van der Waals surface area contributed by atoms with Gasteiger partial charge in [-0.25, -0.2) is 0 Å². The molecule has 5 heteroatoms. The highest BCUT2D eigenvalue weighted by Gasteiger charge is 2.17. The number of benzene rings is 2. The molecule has 2 rings (SSSR count). The number of likely N-dealkylation sites (N-methyl/N-ethyl adjacent to an activating group) is 1. The van der Waals surface area contributed by atoms with E-state index in [2.05, 4.69) is 5.32 Å². The number of nitrogens with one attached hydrogen (secondary N) is 1. The van der Waals surface area contributed by atoms with Crippen LogP contribution in [0.4, 0.5) is 0 Å². The molecule has 0 aromatic heterocycles. The Morgan fingerprint density at radius 2 is 1.44 bits per heavy atom. The van der Waals surface area contributed by atoms with Crippen LogP contribution in [-0.4, -0.2) is 38.1 Å². The molecule has 0 aliphatic rings. The van der Waals surface area contributed by atoms with Crippen molar-refractivity contribution in [1.82, 2.24) is 10.2 Å². The van der Waals surface area contributed by atoms with Gasteiger partial charge in [0, 0.05) is 13.1 Å². The van der Waals surface area contributed by atoms with Crippen molar-refractivity contribution < 1.29 is 14.3 Å². The first-order valence-corrected chi connectivity index (χ1v) is 8.27. The van der Waals surface area contributed by atoms with Crippen LogP contribution >= 0.6 is 0 Å². The third kappa shape index (κ3) is 5.50. The van der Waals surface area contributed by atoms with Crippen LogP contribution < -0.4 is 14.8 Å². The lowest BCUT2D eigenvalue weighted by Gasteiger charge is -2.24. The fourth-order valence-electron chi connectivity index (χ4n) is 2.44. The van der Waals surface area contributed by atoms with Crippen LogP contribution in [0.25, 0.3) is 0 Å². The van der Waals surface area contributed by atoms with Gasteiger partial charge in [0.15, 0.2) is 0 Å². The third-order valence-corrected chi connectivity index (χ3v) is 4.26. The number of carbonyl (C=O) groups excluding carboxylic acids is 1. The molecule has 2 aromatic rings. The molecule has 0 saturated carbocycles. The number of carbonyl (C=O) groups is 1. The maximum absolute atomic E-state index is 12.4. The van der Waals surface area contributed by atoms with E-state index in [1.165, 1.54) is 0 Å². The number of rotatable bonds is 8. The van der Waals surface area contributed by atoms with Gasteiger partial charge in [-0.15, -0.1) is 0 Å². The highest BCUT2D eigenvalue weighted by molar-refractivity contribution is 5.81. The van der Waals surface area contributed by atoms with Gasteiger partial charge in [0.2, 0.25) is 5.91 Å². The van der Waals surface area contributed by atoms with Gasteiger partial charge in [-0.3, -0.25) is 9.69 Å². The van der Waals surface area contributed by atoms with Crippen molar-refractivity contribution in [3.05, 3.63) is 59.7 Å². The first kappa shape index (κ1) is 18.8. The van der Waals surface area contributed by atoms with Gasteiger partial charge in [0.05, 0.1) is 20.3 Å². The predicted octanol–water partition coefficient (Wildman–Crippen LogP) is 2.84. The average Bonchev–Trinajstić information content (AvgIpc) is 2.66. The summed E-state index contributed by atoms with van der Waals surface area (Å²) in [5.41, 5.74) is 2.18. The maximum atomic E-state index is 12.4. The van der Waals surface area contributed by atoms with E-state index in [1.807, 2.05) is 67.4 Å². The molecule has 5 nitrogen and oxygen atoms in total. The van der Waals surface area contributed by atoms with Crippen molar-refractivity contribution in [2.24, 2.45) is 0 Å². The van der Waals surface area contributed by atoms with E-state index < -0.39 is 0 Å². The lowest BCUT2D eigenvalue weighted by molar-refractivity contribution is -0.125. The summed E-state index contributed by atoms with van der Waals surface area (Å²) < 4.78 is 10.3. The maximum Gasteiger partial charge on any atom is 0.237 e. The van der Waals surface area contributed by atoms with Crippen molar-refractivity contribution in [2.45, 2.75) is 26.1 Å². The first-order valence-electron chi connectivity index (χ1n) is 8.27. The molecular weight excluding hydrogens is 316 g/mol. The summed E-state index contributed by atoms with van der Waals surface area (Å²) in [7, 11) is 5.23. The van der Waals surface area contributed by atoms with Gasteiger partial charge >= 0.3 is 0 Å². The Labute approximate surface area is 149 Å². The second kappa shape index (κ2) is 9.08. The van der Waals surface area contributed by atoms with Crippen LogP contribution in [0.15, 0.2) is 48.5 Å². The summed E-state index contributed by atoms with van der Waals surface area (Å²) in [6.07, 6.45) is 0. The van der Waals surface area contributed by atoms with Crippen molar-refractivity contribution in [2.75, 3.05) is 21.3 Å². The Morgan fingerprint density at radius 1 is 0.960 bits per heavy atom. The predicted molar refractivity (Wildman–Crippen MR) is 98.8 cm³/mol. The van der Waals surface area contributed by atoms with Crippen LogP contribution in [0.3, 0.4) is 0 Å². The van der Waals surface area contributed by atoms with Gasteiger partial charge in [0.25, 0.3) is 0 Å². The number of nitrogens with zero attached hydrogens (tertiary/aromatic N) is 1. The number of methoxy groups -OCH3 is 2. The van der Waals surface area contributed by atoms with Crippen molar-refractivity contribution >= 4 is 5.91 Å². The molecule has 0 fully saturated rings. The van der Waals surface area contributed by atoms with E-state index in [9.17, 15) is 4.79 Å². The molecule has 2 aromatic carbocycles. The lowest BCUT2D eigenvalue weighted by Crippen LogP contribution is -2.42. The number of hydrogen-bond donors (Lipinski definition) is 1. The second-order valence-electron chi connectivity index (χ2n) is 6.01. The Kier molecular flexibility index (Phi) is 6.83. The zero-order valence-electron chi connectivity index (χ0n) is 15.3. The number of hydrogen-bond acceptors (Lipinski definition) is 4. The van der Waals surface area contributed by atoms with Gasteiger partial charge < -0.3 is 14.8 Å². The molecule has 1 atom stereocenters. The number of ether oxygens (including phenoxy) is 2. The van der Waals surface area contributed by atoms with Gasteiger partial charge in [0.1, 0.15) is 11.5 Å². The molecule has 0 aliphatic carbocycles. The van der Waals surface area contributed by atoms with Crippen LogP contribution in [-0.2, 0) is 17.9 Å². The SMILES string of the molecule is COc1ccc(CNC(=O)[C@@H](C)N(C)Cc2ccc(OC)cc2)cc1. The van der Waals surface area contributed by atoms with Gasteiger partial charge in [-0.2, -0.15) is 0 Å². The minimum Gasteiger partial charge on any atom is -0.497 e.